The highest BCUT2D eigenvalue weighted by Gasteiger charge is 2.29. The van der Waals surface area contributed by atoms with Gasteiger partial charge in [0.25, 0.3) is 0 Å². The van der Waals surface area contributed by atoms with Gasteiger partial charge >= 0.3 is 6.33 Å². The number of rotatable bonds is 0. The van der Waals surface area contributed by atoms with Gasteiger partial charge in [-0.25, -0.2) is 0 Å². The van der Waals surface area contributed by atoms with Crippen molar-refractivity contribution in [2.24, 2.45) is 0 Å². The van der Waals surface area contributed by atoms with Crippen molar-refractivity contribution in [2.75, 3.05) is 0 Å². The first-order valence-electron chi connectivity index (χ1n) is 4.41. The van der Waals surface area contributed by atoms with E-state index in [2.05, 4.69) is 45.5 Å². The highest BCUT2D eigenvalue weighted by Crippen LogP contribution is 2.24. The third-order valence-electron chi connectivity index (χ3n) is 2.64. The number of nitrogens with zero attached hydrogens (tertiary/aromatic N) is 3. The number of aromatic nitrogens is 3. The summed E-state index contributed by atoms with van der Waals surface area (Å²) in [4.78, 5) is 4.12. The molecule has 1 atom stereocenters. The summed E-state index contributed by atoms with van der Waals surface area (Å²) in [7, 11) is 0. The fourth-order valence-corrected chi connectivity index (χ4v) is 1.94. The van der Waals surface area contributed by atoms with E-state index in [1.54, 1.807) is 0 Å². The lowest BCUT2D eigenvalue weighted by atomic mass is 10.1. The zero-order chi connectivity index (χ0) is 8.84. The maximum atomic E-state index is 4.12. The Hall–Kier alpha value is -1.64. The second-order valence-electron chi connectivity index (χ2n) is 3.34. The van der Waals surface area contributed by atoms with Gasteiger partial charge in [-0.3, -0.25) is 0 Å². The normalized spacial score (nSPS) is 18.4. The Morgan fingerprint density at radius 2 is 2.23 bits per heavy atom. The van der Waals surface area contributed by atoms with Crippen molar-refractivity contribution >= 4 is 0 Å². The number of hydrogen-bond acceptors (Lipinski definition) is 1. The van der Waals surface area contributed by atoms with Gasteiger partial charge in [0.05, 0.1) is 5.69 Å². The van der Waals surface area contributed by atoms with Crippen molar-refractivity contribution < 1.29 is 4.68 Å². The molecule has 1 unspecified atom stereocenters. The topological polar surface area (TPSA) is 21.7 Å². The van der Waals surface area contributed by atoms with Crippen molar-refractivity contribution in [3.8, 4) is 5.69 Å². The minimum Gasteiger partial charge on any atom is -0.147 e. The number of hydrogen-bond donors (Lipinski definition) is 0. The first kappa shape index (κ1) is 6.83. The molecule has 1 aliphatic rings. The lowest BCUT2D eigenvalue weighted by Crippen LogP contribution is -2.39. The van der Waals surface area contributed by atoms with E-state index in [1.807, 2.05) is 12.7 Å². The number of fused-ring (bicyclic) bond motifs is 3. The van der Waals surface area contributed by atoms with Gasteiger partial charge in [-0.05, 0) is 18.0 Å². The Morgan fingerprint density at radius 3 is 3.15 bits per heavy atom. The predicted octanol–water partition coefficient (Wildman–Crippen LogP) is 1.08. The molecular weight excluding hydrogens is 162 g/mol. The van der Waals surface area contributed by atoms with E-state index >= 15 is 0 Å². The fourth-order valence-electron chi connectivity index (χ4n) is 1.94. The minimum atomic E-state index is 0.402. The summed E-state index contributed by atoms with van der Waals surface area (Å²) in [6, 6.07) is 8.83. The molecule has 0 spiro atoms. The average Bonchev–Trinajstić information content (AvgIpc) is 2.72. The summed E-state index contributed by atoms with van der Waals surface area (Å²) in [6.07, 6.45) is 3.72. The highest BCUT2D eigenvalue weighted by atomic mass is 15.5. The van der Waals surface area contributed by atoms with Crippen LogP contribution >= 0.6 is 0 Å². The summed E-state index contributed by atoms with van der Waals surface area (Å²) in [6.45, 7) is 2.18. The molecule has 0 amide bonds. The molecule has 1 aromatic carbocycles. The predicted molar refractivity (Wildman–Crippen MR) is 47.6 cm³/mol. The van der Waals surface area contributed by atoms with Crippen LogP contribution in [0.15, 0.2) is 36.9 Å². The Labute approximate surface area is 76.2 Å². The van der Waals surface area contributed by atoms with Crippen LogP contribution in [-0.2, 0) is 0 Å². The number of benzene rings is 1. The molecule has 1 aromatic heterocycles. The minimum absolute atomic E-state index is 0.402. The molecule has 0 saturated heterocycles. The van der Waals surface area contributed by atoms with Crippen LogP contribution in [0.2, 0.25) is 0 Å². The van der Waals surface area contributed by atoms with Crippen molar-refractivity contribution in [3.05, 3.63) is 42.5 Å². The van der Waals surface area contributed by atoms with Gasteiger partial charge in [-0.1, -0.05) is 18.2 Å². The van der Waals surface area contributed by atoms with Gasteiger partial charge in [0.15, 0.2) is 0 Å². The van der Waals surface area contributed by atoms with Crippen molar-refractivity contribution in [3.63, 3.8) is 0 Å². The molecule has 0 aliphatic carbocycles. The van der Waals surface area contributed by atoms with E-state index in [9.17, 15) is 0 Å². The molecule has 0 bridgehead atoms. The molecule has 3 rings (SSSR count). The standard InChI is InChI=1S/C10H10N3/c1-8-9-4-2-3-5-10(9)13-7-11-6-12(8)13/h2-8H,1H3/q+1. The average molecular weight is 172 g/mol. The van der Waals surface area contributed by atoms with Crippen LogP contribution < -0.4 is 4.68 Å². The molecule has 3 heteroatoms. The van der Waals surface area contributed by atoms with Gasteiger partial charge in [0.2, 0.25) is 6.33 Å². The molecule has 0 fully saturated rings. The monoisotopic (exact) mass is 172 g/mol. The van der Waals surface area contributed by atoms with Gasteiger partial charge in [0.1, 0.15) is 6.04 Å². The molecule has 0 radical (unpaired) electrons. The fraction of sp³-hybridized carbons (Fsp3) is 0.200. The molecule has 64 valence electrons. The van der Waals surface area contributed by atoms with Gasteiger partial charge in [-0.2, -0.15) is 0 Å². The van der Waals surface area contributed by atoms with Crippen LogP contribution in [0.4, 0.5) is 0 Å². The molecule has 0 saturated carbocycles. The van der Waals surface area contributed by atoms with E-state index in [1.165, 1.54) is 11.3 Å². The Kier molecular flexibility index (Phi) is 1.15. The van der Waals surface area contributed by atoms with Crippen molar-refractivity contribution in [1.29, 1.82) is 0 Å². The quantitative estimate of drug-likeness (QED) is 0.545. The lowest BCUT2D eigenvalue weighted by Gasteiger charge is -1.97. The molecule has 2 heterocycles. The summed E-state index contributed by atoms with van der Waals surface area (Å²) in [5.74, 6) is 0. The highest BCUT2D eigenvalue weighted by molar-refractivity contribution is 5.41. The molecule has 3 nitrogen and oxygen atoms in total. The largest absolute Gasteiger partial charge is 0.307 e. The third-order valence-corrected chi connectivity index (χ3v) is 2.64. The van der Waals surface area contributed by atoms with Gasteiger partial charge < -0.3 is 0 Å². The van der Waals surface area contributed by atoms with Crippen LogP contribution in [0.3, 0.4) is 0 Å². The van der Waals surface area contributed by atoms with E-state index in [0.717, 1.165) is 0 Å². The number of para-hydroxylation sites is 1. The SMILES string of the molecule is CC1c2ccccc2-n2cnc[n+]21. The van der Waals surface area contributed by atoms with E-state index in [0.29, 0.717) is 6.04 Å². The molecule has 13 heavy (non-hydrogen) atoms. The van der Waals surface area contributed by atoms with Gasteiger partial charge in [0, 0.05) is 5.56 Å². The molecule has 0 N–H and O–H groups in total. The van der Waals surface area contributed by atoms with Crippen molar-refractivity contribution in [1.82, 2.24) is 9.67 Å². The summed E-state index contributed by atoms with van der Waals surface area (Å²) in [5.41, 5.74) is 2.61. The van der Waals surface area contributed by atoms with E-state index < -0.39 is 0 Å². The Morgan fingerprint density at radius 1 is 1.38 bits per heavy atom. The summed E-state index contributed by atoms with van der Waals surface area (Å²) in [5, 5.41) is 0. The maximum absolute atomic E-state index is 4.12. The van der Waals surface area contributed by atoms with E-state index in [4.69, 9.17) is 0 Å². The Balaban J connectivity index is 2.37. The Bertz CT molecular complexity index is 459. The first-order chi connectivity index (χ1) is 6.38. The molecule has 2 aromatic rings. The van der Waals surface area contributed by atoms with Crippen LogP contribution in [0.1, 0.15) is 18.5 Å². The van der Waals surface area contributed by atoms with Crippen LogP contribution in [0.5, 0.6) is 0 Å². The van der Waals surface area contributed by atoms with Crippen LogP contribution in [0.25, 0.3) is 5.69 Å². The van der Waals surface area contributed by atoms with Crippen molar-refractivity contribution in [2.45, 2.75) is 13.0 Å². The third kappa shape index (κ3) is 0.736. The zero-order valence-electron chi connectivity index (χ0n) is 7.38. The molecule has 1 aliphatic heterocycles. The van der Waals surface area contributed by atoms with Crippen LogP contribution in [-0.4, -0.2) is 9.67 Å². The van der Waals surface area contributed by atoms with Crippen LogP contribution in [0, 0.1) is 0 Å². The molecular formula is C10H10N3+. The maximum Gasteiger partial charge on any atom is 0.307 e. The smallest absolute Gasteiger partial charge is 0.147 e. The summed E-state index contributed by atoms with van der Waals surface area (Å²) < 4.78 is 4.21. The summed E-state index contributed by atoms with van der Waals surface area (Å²) >= 11 is 0. The van der Waals surface area contributed by atoms with Gasteiger partial charge in [-0.15, -0.1) is 9.36 Å². The van der Waals surface area contributed by atoms with E-state index in [-0.39, 0.29) is 0 Å². The first-order valence-corrected chi connectivity index (χ1v) is 4.41. The lowest BCUT2D eigenvalue weighted by molar-refractivity contribution is -0.771. The second kappa shape index (κ2) is 2.19. The zero-order valence-corrected chi connectivity index (χ0v) is 7.38. The second-order valence-corrected chi connectivity index (χ2v) is 3.34.